The number of nitrogens with zero attached hydrogens (tertiary/aromatic N) is 3. The number of carboxylic acid groups (broad SMARTS) is 1. The molecule has 1 aliphatic rings. The summed E-state index contributed by atoms with van der Waals surface area (Å²) in [5, 5.41) is 14.4. The van der Waals surface area contributed by atoms with E-state index in [0.29, 0.717) is 36.1 Å². The first-order valence-corrected chi connectivity index (χ1v) is 9.92. The van der Waals surface area contributed by atoms with Crippen molar-refractivity contribution in [2.75, 3.05) is 13.1 Å². The van der Waals surface area contributed by atoms with Crippen LogP contribution in [0.4, 0.5) is 17.6 Å². The number of aromatic carboxylic acids is 1. The number of hydrogen-bond acceptors (Lipinski definition) is 3. The average molecular weight is 456 g/mol. The van der Waals surface area contributed by atoms with Gasteiger partial charge in [-0.05, 0) is 43.2 Å². The SMILES string of the molecule is Cc1nn([C@@H]2CCN(Cc3cc(Cl)ccc3C(F)(F)F)C2)c2cc(F)c(C(=O)O)cc12. The van der Waals surface area contributed by atoms with E-state index in [2.05, 4.69) is 5.10 Å². The molecule has 2 aromatic carbocycles. The minimum absolute atomic E-state index is 0.0710. The van der Waals surface area contributed by atoms with Gasteiger partial charge in [0.15, 0.2) is 0 Å². The molecule has 10 heteroatoms. The van der Waals surface area contributed by atoms with Crippen LogP contribution in [0.15, 0.2) is 30.3 Å². The molecular weight excluding hydrogens is 438 g/mol. The third-order valence-electron chi connectivity index (χ3n) is 5.57. The Morgan fingerprint density at radius 1 is 1.29 bits per heavy atom. The van der Waals surface area contributed by atoms with E-state index in [1.165, 1.54) is 18.2 Å². The van der Waals surface area contributed by atoms with Gasteiger partial charge in [0.2, 0.25) is 0 Å². The largest absolute Gasteiger partial charge is 0.478 e. The number of fused-ring (bicyclic) bond motifs is 1. The maximum Gasteiger partial charge on any atom is 0.416 e. The molecule has 0 bridgehead atoms. The maximum atomic E-state index is 14.3. The van der Waals surface area contributed by atoms with Gasteiger partial charge in [-0.2, -0.15) is 18.3 Å². The van der Waals surface area contributed by atoms with Crippen molar-refractivity contribution < 1.29 is 27.5 Å². The van der Waals surface area contributed by atoms with Crippen molar-refractivity contribution in [3.63, 3.8) is 0 Å². The molecule has 0 saturated carbocycles. The molecule has 4 rings (SSSR count). The summed E-state index contributed by atoms with van der Waals surface area (Å²) < 4.78 is 55.9. The smallest absolute Gasteiger partial charge is 0.416 e. The predicted molar refractivity (Wildman–Crippen MR) is 107 cm³/mol. The topological polar surface area (TPSA) is 58.4 Å². The second kappa shape index (κ2) is 7.80. The Labute approximate surface area is 179 Å². The third-order valence-corrected chi connectivity index (χ3v) is 5.81. The molecule has 1 fully saturated rings. The van der Waals surface area contributed by atoms with E-state index < -0.39 is 29.1 Å². The number of benzene rings is 2. The maximum absolute atomic E-state index is 14.3. The van der Waals surface area contributed by atoms with Crippen molar-refractivity contribution in [3.8, 4) is 0 Å². The highest BCUT2D eigenvalue weighted by atomic mass is 35.5. The molecule has 1 N–H and O–H groups in total. The van der Waals surface area contributed by atoms with Crippen LogP contribution in [0.1, 0.15) is 39.6 Å². The normalized spacial score (nSPS) is 17.5. The Bertz CT molecular complexity index is 1180. The molecule has 1 saturated heterocycles. The minimum atomic E-state index is -4.48. The summed E-state index contributed by atoms with van der Waals surface area (Å²) in [6, 6.07) is 5.77. The number of halogens is 5. The summed E-state index contributed by atoms with van der Waals surface area (Å²) >= 11 is 5.92. The second-order valence-electron chi connectivity index (χ2n) is 7.66. The van der Waals surface area contributed by atoms with Crippen molar-refractivity contribution >= 4 is 28.5 Å². The van der Waals surface area contributed by atoms with Crippen LogP contribution in [0.25, 0.3) is 10.9 Å². The second-order valence-corrected chi connectivity index (χ2v) is 8.10. The summed E-state index contributed by atoms with van der Waals surface area (Å²) in [5.74, 6) is -2.22. The van der Waals surface area contributed by atoms with Crippen LogP contribution in [-0.4, -0.2) is 38.8 Å². The van der Waals surface area contributed by atoms with Crippen LogP contribution in [0.5, 0.6) is 0 Å². The van der Waals surface area contributed by atoms with Crippen molar-refractivity contribution in [2.24, 2.45) is 0 Å². The molecule has 0 aliphatic carbocycles. The van der Waals surface area contributed by atoms with Gasteiger partial charge in [-0.3, -0.25) is 9.58 Å². The molecule has 1 aliphatic heterocycles. The van der Waals surface area contributed by atoms with E-state index in [1.807, 2.05) is 4.90 Å². The van der Waals surface area contributed by atoms with Crippen LogP contribution < -0.4 is 0 Å². The van der Waals surface area contributed by atoms with Crippen LogP contribution in [0, 0.1) is 12.7 Å². The summed E-state index contributed by atoms with van der Waals surface area (Å²) in [5.41, 5.74) is -0.0251. The summed E-state index contributed by atoms with van der Waals surface area (Å²) in [7, 11) is 0. The van der Waals surface area contributed by atoms with Gasteiger partial charge < -0.3 is 5.11 Å². The van der Waals surface area contributed by atoms with Crippen molar-refractivity contribution in [2.45, 2.75) is 32.1 Å². The number of carbonyl (C=O) groups is 1. The quantitative estimate of drug-likeness (QED) is 0.542. The molecule has 0 amide bonds. The summed E-state index contributed by atoms with van der Waals surface area (Å²) in [4.78, 5) is 13.1. The first-order valence-electron chi connectivity index (χ1n) is 9.54. The first-order chi connectivity index (χ1) is 14.5. The Kier molecular flexibility index (Phi) is 5.43. The van der Waals surface area contributed by atoms with Crippen molar-refractivity contribution in [3.05, 3.63) is 63.6 Å². The van der Waals surface area contributed by atoms with E-state index in [4.69, 9.17) is 16.7 Å². The number of carboxylic acids is 1. The Hall–Kier alpha value is -2.65. The summed E-state index contributed by atoms with van der Waals surface area (Å²) in [6.45, 7) is 2.73. The molecule has 5 nitrogen and oxygen atoms in total. The molecular formula is C21H18ClF4N3O2. The lowest BCUT2D eigenvalue weighted by atomic mass is 10.1. The van der Waals surface area contributed by atoms with E-state index >= 15 is 0 Å². The van der Waals surface area contributed by atoms with E-state index in [9.17, 15) is 22.4 Å². The molecule has 1 aromatic heterocycles. The van der Waals surface area contributed by atoms with Gasteiger partial charge in [0.25, 0.3) is 0 Å². The van der Waals surface area contributed by atoms with Crippen molar-refractivity contribution in [1.82, 2.24) is 14.7 Å². The fraction of sp³-hybridized carbons (Fsp3) is 0.333. The Balaban J connectivity index is 1.61. The van der Waals surface area contributed by atoms with Gasteiger partial charge in [-0.15, -0.1) is 0 Å². The Morgan fingerprint density at radius 2 is 2.03 bits per heavy atom. The van der Waals surface area contributed by atoms with Crippen LogP contribution in [-0.2, 0) is 12.7 Å². The monoisotopic (exact) mass is 455 g/mol. The lowest BCUT2D eigenvalue weighted by Crippen LogP contribution is -2.23. The van der Waals surface area contributed by atoms with Gasteiger partial charge in [0.1, 0.15) is 5.82 Å². The van der Waals surface area contributed by atoms with Gasteiger partial charge >= 0.3 is 12.1 Å². The zero-order chi connectivity index (χ0) is 22.5. The summed E-state index contributed by atoms with van der Waals surface area (Å²) in [6.07, 6.45) is -3.87. The molecule has 0 spiro atoms. The van der Waals surface area contributed by atoms with Gasteiger partial charge in [0, 0.05) is 36.1 Å². The molecule has 2 heterocycles. The number of rotatable bonds is 4. The highest BCUT2D eigenvalue weighted by Gasteiger charge is 2.35. The lowest BCUT2D eigenvalue weighted by Gasteiger charge is -2.20. The lowest BCUT2D eigenvalue weighted by molar-refractivity contribution is -0.138. The number of aromatic nitrogens is 2. The minimum Gasteiger partial charge on any atom is -0.478 e. The molecule has 1 atom stereocenters. The fourth-order valence-electron chi connectivity index (χ4n) is 4.12. The molecule has 31 heavy (non-hydrogen) atoms. The fourth-order valence-corrected chi connectivity index (χ4v) is 4.31. The molecule has 164 valence electrons. The van der Waals surface area contributed by atoms with E-state index in [1.54, 1.807) is 11.6 Å². The Morgan fingerprint density at radius 3 is 2.71 bits per heavy atom. The number of alkyl halides is 3. The molecule has 3 aromatic rings. The third kappa shape index (κ3) is 4.12. The van der Waals surface area contributed by atoms with Gasteiger partial charge in [0.05, 0.1) is 28.4 Å². The highest BCUT2D eigenvalue weighted by Crippen LogP contribution is 2.35. The van der Waals surface area contributed by atoms with E-state index in [-0.39, 0.29) is 23.2 Å². The van der Waals surface area contributed by atoms with Crippen LogP contribution in [0.3, 0.4) is 0 Å². The van der Waals surface area contributed by atoms with Crippen LogP contribution in [0.2, 0.25) is 5.02 Å². The highest BCUT2D eigenvalue weighted by molar-refractivity contribution is 6.30. The standard InChI is InChI=1S/C21H18ClF4N3O2/c1-11-15-7-16(20(30)31)18(23)8-19(15)29(27-11)14-4-5-28(10-14)9-12-6-13(22)2-3-17(12)21(24,25)26/h2-3,6-8,14H,4-5,9-10H2,1H3,(H,30,31)/t14-/m1/s1. The zero-order valence-corrected chi connectivity index (χ0v) is 17.1. The number of aryl methyl sites for hydroxylation is 1. The molecule has 0 unspecified atom stereocenters. The number of hydrogen-bond donors (Lipinski definition) is 1. The van der Waals surface area contributed by atoms with Crippen LogP contribution >= 0.6 is 11.6 Å². The zero-order valence-electron chi connectivity index (χ0n) is 16.4. The first kappa shape index (κ1) is 21.6. The van der Waals surface area contributed by atoms with Crippen molar-refractivity contribution in [1.29, 1.82) is 0 Å². The number of likely N-dealkylation sites (tertiary alicyclic amines) is 1. The average Bonchev–Trinajstić information content (AvgIpc) is 3.24. The van der Waals surface area contributed by atoms with Gasteiger partial charge in [-0.1, -0.05) is 11.6 Å². The van der Waals surface area contributed by atoms with Gasteiger partial charge in [-0.25, -0.2) is 9.18 Å². The predicted octanol–water partition coefficient (Wildman–Crippen LogP) is 5.30. The molecule has 0 radical (unpaired) electrons. The van der Waals surface area contributed by atoms with E-state index in [0.717, 1.165) is 12.1 Å².